The molecular formula is C20H35F2NO. The molecule has 140 valence electrons. The lowest BCUT2D eigenvalue weighted by molar-refractivity contribution is -0.130. The topological polar surface area (TPSA) is 29.1 Å². The molecule has 0 atom stereocenters. The van der Waals surface area contributed by atoms with Gasteiger partial charge in [-0.05, 0) is 55.3 Å². The molecule has 0 aromatic carbocycles. The highest BCUT2D eigenvalue weighted by Gasteiger charge is 2.46. The van der Waals surface area contributed by atoms with E-state index in [2.05, 4.69) is 39.9 Å². The molecule has 1 N–H and O–H groups in total. The fourth-order valence-electron chi connectivity index (χ4n) is 5.09. The van der Waals surface area contributed by atoms with Crippen molar-refractivity contribution in [2.24, 2.45) is 22.7 Å². The Morgan fingerprint density at radius 3 is 1.92 bits per heavy atom. The number of rotatable bonds is 3. The van der Waals surface area contributed by atoms with Crippen molar-refractivity contribution in [3.63, 3.8) is 0 Å². The van der Waals surface area contributed by atoms with Crippen molar-refractivity contribution in [2.45, 2.75) is 97.9 Å². The van der Waals surface area contributed by atoms with Crippen LogP contribution in [0.3, 0.4) is 0 Å². The molecule has 2 rings (SSSR count). The Bertz CT molecular complexity index is 435. The van der Waals surface area contributed by atoms with Gasteiger partial charge in [-0.3, -0.25) is 4.79 Å². The minimum Gasteiger partial charge on any atom is -0.353 e. The highest BCUT2D eigenvalue weighted by Crippen LogP contribution is 2.54. The molecule has 0 aliphatic heterocycles. The summed E-state index contributed by atoms with van der Waals surface area (Å²) in [5, 5.41) is 3.16. The molecule has 1 amide bonds. The average molecular weight is 344 g/mol. The summed E-state index contributed by atoms with van der Waals surface area (Å²) >= 11 is 0. The van der Waals surface area contributed by atoms with Crippen molar-refractivity contribution in [1.29, 1.82) is 0 Å². The second-order valence-electron chi connectivity index (χ2n) is 9.47. The molecule has 2 saturated carbocycles. The summed E-state index contributed by atoms with van der Waals surface area (Å²) in [6, 6.07) is 0.217. The van der Waals surface area contributed by atoms with Crippen LogP contribution in [-0.4, -0.2) is 17.9 Å². The Labute approximate surface area is 146 Å². The molecule has 2 nitrogen and oxygen atoms in total. The van der Waals surface area contributed by atoms with Gasteiger partial charge in [-0.25, -0.2) is 8.78 Å². The lowest BCUT2D eigenvalue weighted by Gasteiger charge is -2.52. The normalized spacial score (nSPS) is 31.9. The second kappa shape index (κ2) is 6.92. The molecule has 2 fully saturated rings. The molecule has 2 aliphatic carbocycles. The summed E-state index contributed by atoms with van der Waals surface area (Å²) in [5.74, 6) is -2.16. The van der Waals surface area contributed by atoms with Crippen LogP contribution in [0.15, 0.2) is 0 Å². The van der Waals surface area contributed by atoms with Crippen molar-refractivity contribution >= 4 is 5.91 Å². The van der Waals surface area contributed by atoms with E-state index in [1.807, 2.05) is 0 Å². The zero-order valence-corrected chi connectivity index (χ0v) is 16.1. The van der Waals surface area contributed by atoms with E-state index in [1.165, 1.54) is 0 Å². The van der Waals surface area contributed by atoms with Crippen molar-refractivity contribution in [3.8, 4) is 0 Å². The van der Waals surface area contributed by atoms with Crippen LogP contribution < -0.4 is 5.32 Å². The van der Waals surface area contributed by atoms with Gasteiger partial charge in [0.2, 0.25) is 11.8 Å². The number of alkyl halides is 2. The van der Waals surface area contributed by atoms with Crippen LogP contribution in [0.1, 0.15) is 86.0 Å². The van der Waals surface area contributed by atoms with Gasteiger partial charge in [0.25, 0.3) is 0 Å². The Hall–Kier alpha value is -0.670. The van der Waals surface area contributed by atoms with E-state index >= 15 is 0 Å². The Kier molecular flexibility index (Phi) is 5.66. The summed E-state index contributed by atoms with van der Waals surface area (Å²) in [4.78, 5) is 12.4. The lowest BCUT2D eigenvalue weighted by atomic mass is 9.54. The van der Waals surface area contributed by atoms with Crippen molar-refractivity contribution < 1.29 is 13.6 Å². The molecule has 0 aromatic rings. The van der Waals surface area contributed by atoms with E-state index in [4.69, 9.17) is 0 Å². The van der Waals surface area contributed by atoms with E-state index in [0.29, 0.717) is 24.2 Å². The summed E-state index contributed by atoms with van der Waals surface area (Å²) in [7, 11) is 0. The maximum atomic E-state index is 13.2. The third kappa shape index (κ3) is 4.11. The largest absolute Gasteiger partial charge is 0.353 e. The SMILES string of the molecule is CC(C)C1(C(C)(C)C)CCC(NC(=O)C2CCC(F)(F)CC2)CC1. The van der Waals surface area contributed by atoms with Crippen LogP contribution in [0.5, 0.6) is 0 Å². The number of hydrogen-bond donors (Lipinski definition) is 1. The van der Waals surface area contributed by atoms with E-state index < -0.39 is 5.92 Å². The van der Waals surface area contributed by atoms with E-state index in [1.54, 1.807) is 0 Å². The van der Waals surface area contributed by atoms with Gasteiger partial charge in [0.05, 0.1) is 0 Å². The molecule has 2 aliphatic rings. The molecule has 0 spiro atoms. The van der Waals surface area contributed by atoms with Crippen LogP contribution in [0, 0.1) is 22.7 Å². The molecule has 4 heteroatoms. The maximum Gasteiger partial charge on any atom is 0.248 e. The fraction of sp³-hybridized carbons (Fsp3) is 0.950. The fourth-order valence-corrected chi connectivity index (χ4v) is 5.09. The van der Waals surface area contributed by atoms with Gasteiger partial charge in [0, 0.05) is 24.8 Å². The Balaban J connectivity index is 1.88. The van der Waals surface area contributed by atoms with Crippen LogP contribution in [0.4, 0.5) is 8.78 Å². The molecule has 0 radical (unpaired) electrons. The minimum atomic E-state index is -2.56. The summed E-state index contributed by atoms with van der Waals surface area (Å²) in [6.07, 6.45) is 4.62. The monoisotopic (exact) mass is 343 g/mol. The summed E-state index contributed by atoms with van der Waals surface area (Å²) in [5.41, 5.74) is 0.576. The number of hydrogen-bond acceptors (Lipinski definition) is 1. The summed E-state index contributed by atoms with van der Waals surface area (Å²) < 4.78 is 26.5. The first-order valence-corrected chi connectivity index (χ1v) is 9.65. The zero-order valence-electron chi connectivity index (χ0n) is 16.1. The average Bonchev–Trinajstić information content (AvgIpc) is 2.46. The van der Waals surface area contributed by atoms with Crippen LogP contribution in [0.2, 0.25) is 0 Å². The third-order valence-corrected chi connectivity index (χ3v) is 6.91. The number of carbonyl (C=O) groups is 1. The number of carbonyl (C=O) groups excluding carboxylic acids is 1. The highest BCUT2D eigenvalue weighted by molar-refractivity contribution is 5.79. The molecule has 0 heterocycles. The first-order chi connectivity index (χ1) is 11.0. The van der Waals surface area contributed by atoms with Crippen molar-refractivity contribution in [1.82, 2.24) is 5.32 Å². The summed E-state index contributed by atoms with van der Waals surface area (Å²) in [6.45, 7) is 11.6. The van der Waals surface area contributed by atoms with Crippen LogP contribution >= 0.6 is 0 Å². The van der Waals surface area contributed by atoms with Gasteiger partial charge in [-0.1, -0.05) is 34.6 Å². The Morgan fingerprint density at radius 2 is 1.50 bits per heavy atom. The number of halogens is 2. The smallest absolute Gasteiger partial charge is 0.248 e. The molecular weight excluding hydrogens is 308 g/mol. The zero-order chi connectivity index (χ0) is 18.2. The standard InChI is InChI=1S/C20H35F2NO/c1-14(2)19(18(3,4)5)10-8-16(9-11-19)23-17(24)15-6-12-20(21,22)13-7-15/h14-16H,6-13H2,1-5H3,(H,23,24). The molecule has 0 bridgehead atoms. The van der Waals surface area contributed by atoms with Crippen molar-refractivity contribution in [2.75, 3.05) is 0 Å². The molecule has 24 heavy (non-hydrogen) atoms. The number of nitrogens with one attached hydrogen (secondary N) is 1. The molecule has 0 unspecified atom stereocenters. The van der Waals surface area contributed by atoms with Gasteiger partial charge in [0.15, 0.2) is 0 Å². The quantitative estimate of drug-likeness (QED) is 0.714. The van der Waals surface area contributed by atoms with Gasteiger partial charge in [0.1, 0.15) is 0 Å². The first kappa shape index (κ1) is 19.7. The number of amides is 1. The highest BCUT2D eigenvalue weighted by atomic mass is 19.3. The van der Waals surface area contributed by atoms with Gasteiger partial charge in [-0.2, -0.15) is 0 Å². The minimum absolute atomic E-state index is 0.00306. The van der Waals surface area contributed by atoms with Crippen LogP contribution in [0.25, 0.3) is 0 Å². The Morgan fingerprint density at radius 1 is 1.00 bits per heavy atom. The van der Waals surface area contributed by atoms with E-state index in [-0.39, 0.29) is 36.1 Å². The van der Waals surface area contributed by atoms with E-state index in [9.17, 15) is 13.6 Å². The molecule has 0 aromatic heterocycles. The lowest BCUT2D eigenvalue weighted by Crippen LogP contribution is -2.49. The van der Waals surface area contributed by atoms with Crippen molar-refractivity contribution in [3.05, 3.63) is 0 Å². The van der Waals surface area contributed by atoms with E-state index in [0.717, 1.165) is 25.7 Å². The first-order valence-electron chi connectivity index (χ1n) is 9.65. The van der Waals surface area contributed by atoms with Gasteiger partial charge >= 0.3 is 0 Å². The van der Waals surface area contributed by atoms with Crippen LogP contribution in [-0.2, 0) is 4.79 Å². The molecule has 0 saturated heterocycles. The van der Waals surface area contributed by atoms with Gasteiger partial charge < -0.3 is 5.32 Å². The third-order valence-electron chi connectivity index (χ3n) is 6.91. The predicted octanol–water partition coefficient (Wildman–Crippen LogP) is 5.56. The maximum absolute atomic E-state index is 13.2. The second-order valence-corrected chi connectivity index (χ2v) is 9.47. The van der Waals surface area contributed by atoms with Gasteiger partial charge in [-0.15, -0.1) is 0 Å². The predicted molar refractivity (Wildman–Crippen MR) is 94.0 cm³/mol.